The van der Waals surface area contributed by atoms with Gasteiger partial charge in [0.2, 0.25) is 0 Å². The molecule has 0 aromatic heterocycles. The summed E-state index contributed by atoms with van der Waals surface area (Å²) in [7, 11) is 0. The van der Waals surface area contributed by atoms with Gasteiger partial charge in [0.05, 0.1) is 0 Å². The average Bonchev–Trinajstić information content (AvgIpc) is 2.38. The lowest BCUT2D eigenvalue weighted by molar-refractivity contribution is 0.473. The Balaban J connectivity index is 2.24. The molecular weight excluding hydrogens is 258 g/mol. The number of hydrogen-bond donors (Lipinski definition) is 1. The Kier molecular flexibility index (Phi) is 4.83. The SMILES string of the molecule is CCNCc1ccc(Cl)cc1Oc1cccc(C)c1. The topological polar surface area (TPSA) is 21.3 Å². The highest BCUT2D eigenvalue weighted by atomic mass is 35.5. The van der Waals surface area contributed by atoms with Crippen molar-refractivity contribution in [2.24, 2.45) is 0 Å². The summed E-state index contributed by atoms with van der Waals surface area (Å²) in [5, 5.41) is 3.98. The van der Waals surface area contributed by atoms with Gasteiger partial charge in [-0.15, -0.1) is 0 Å². The molecule has 0 spiro atoms. The van der Waals surface area contributed by atoms with Gasteiger partial charge in [0.25, 0.3) is 0 Å². The number of nitrogens with one attached hydrogen (secondary N) is 1. The standard InChI is InChI=1S/C16H18ClNO/c1-3-18-11-13-7-8-14(17)10-16(13)19-15-6-4-5-12(2)9-15/h4-10,18H,3,11H2,1-2H3. The first-order valence-corrected chi connectivity index (χ1v) is 6.80. The Hall–Kier alpha value is -1.51. The van der Waals surface area contributed by atoms with E-state index in [1.807, 2.05) is 49.4 Å². The second-order valence-electron chi connectivity index (χ2n) is 4.45. The van der Waals surface area contributed by atoms with Crippen LogP contribution in [-0.4, -0.2) is 6.54 Å². The molecule has 0 aliphatic carbocycles. The van der Waals surface area contributed by atoms with Gasteiger partial charge >= 0.3 is 0 Å². The van der Waals surface area contributed by atoms with Crippen molar-refractivity contribution in [3.63, 3.8) is 0 Å². The van der Waals surface area contributed by atoms with Crippen molar-refractivity contribution in [2.45, 2.75) is 20.4 Å². The number of benzene rings is 2. The molecule has 2 rings (SSSR count). The monoisotopic (exact) mass is 275 g/mol. The van der Waals surface area contributed by atoms with Gasteiger partial charge in [0.15, 0.2) is 0 Å². The minimum absolute atomic E-state index is 0.683. The van der Waals surface area contributed by atoms with Crippen LogP contribution in [-0.2, 0) is 6.54 Å². The summed E-state index contributed by atoms with van der Waals surface area (Å²) < 4.78 is 5.94. The van der Waals surface area contributed by atoms with Gasteiger partial charge in [-0.1, -0.05) is 36.7 Å². The molecule has 0 heterocycles. The average molecular weight is 276 g/mol. The van der Waals surface area contributed by atoms with Crippen LogP contribution in [0.4, 0.5) is 0 Å². The summed E-state index contributed by atoms with van der Waals surface area (Å²) in [5.41, 5.74) is 2.28. The molecule has 0 fully saturated rings. The molecule has 2 aromatic carbocycles. The van der Waals surface area contributed by atoms with E-state index in [-0.39, 0.29) is 0 Å². The molecule has 0 amide bonds. The number of rotatable bonds is 5. The van der Waals surface area contributed by atoms with E-state index >= 15 is 0 Å². The first-order valence-electron chi connectivity index (χ1n) is 6.42. The largest absolute Gasteiger partial charge is 0.457 e. The lowest BCUT2D eigenvalue weighted by Gasteiger charge is -2.12. The van der Waals surface area contributed by atoms with Crippen molar-refractivity contribution in [3.8, 4) is 11.5 Å². The van der Waals surface area contributed by atoms with Crippen molar-refractivity contribution in [1.82, 2.24) is 5.32 Å². The van der Waals surface area contributed by atoms with Gasteiger partial charge in [-0.3, -0.25) is 0 Å². The van der Waals surface area contributed by atoms with Gasteiger partial charge in [-0.05, 0) is 43.3 Å². The van der Waals surface area contributed by atoms with Gasteiger partial charge in [-0.25, -0.2) is 0 Å². The fourth-order valence-corrected chi connectivity index (χ4v) is 2.00. The second-order valence-corrected chi connectivity index (χ2v) is 4.89. The Morgan fingerprint density at radius 2 is 2.00 bits per heavy atom. The number of hydrogen-bond acceptors (Lipinski definition) is 2. The molecule has 2 nitrogen and oxygen atoms in total. The van der Waals surface area contributed by atoms with Crippen LogP contribution in [0.25, 0.3) is 0 Å². The normalized spacial score (nSPS) is 10.5. The number of ether oxygens (including phenoxy) is 1. The van der Waals surface area contributed by atoms with Crippen LogP contribution < -0.4 is 10.1 Å². The highest BCUT2D eigenvalue weighted by Gasteiger charge is 2.06. The second kappa shape index (κ2) is 6.60. The molecule has 3 heteroatoms. The van der Waals surface area contributed by atoms with Crippen LogP contribution >= 0.6 is 11.6 Å². The number of halogens is 1. The molecule has 0 radical (unpaired) electrons. The zero-order valence-electron chi connectivity index (χ0n) is 11.2. The smallest absolute Gasteiger partial charge is 0.133 e. The maximum absolute atomic E-state index is 6.05. The Bertz CT molecular complexity index is 554. The summed E-state index contributed by atoms with van der Waals surface area (Å²) in [6.07, 6.45) is 0. The lowest BCUT2D eigenvalue weighted by Crippen LogP contribution is -2.12. The molecule has 0 aliphatic rings. The number of aryl methyl sites for hydroxylation is 1. The summed E-state index contributed by atoms with van der Waals surface area (Å²) in [5.74, 6) is 1.64. The van der Waals surface area contributed by atoms with Crippen LogP contribution in [0.15, 0.2) is 42.5 Å². The fourth-order valence-electron chi connectivity index (χ4n) is 1.83. The predicted octanol–water partition coefficient (Wildman–Crippen LogP) is 4.55. The minimum Gasteiger partial charge on any atom is -0.457 e. The van der Waals surface area contributed by atoms with E-state index in [2.05, 4.69) is 12.2 Å². The minimum atomic E-state index is 0.683. The third kappa shape index (κ3) is 3.98. The van der Waals surface area contributed by atoms with E-state index in [1.54, 1.807) is 0 Å². The summed E-state index contributed by atoms with van der Waals surface area (Å²) in [6.45, 7) is 5.82. The Labute approximate surface area is 119 Å². The molecule has 100 valence electrons. The van der Waals surface area contributed by atoms with Crippen LogP contribution in [0.2, 0.25) is 5.02 Å². The van der Waals surface area contributed by atoms with Gasteiger partial charge in [-0.2, -0.15) is 0 Å². The molecule has 0 aliphatic heterocycles. The zero-order valence-corrected chi connectivity index (χ0v) is 12.0. The first kappa shape index (κ1) is 13.9. The van der Waals surface area contributed by atoms with Gasteiger partial charge < -0.3 is 10.1 Å². The van der Waals surface area contributed by atoms with Crippen molar-refractivity contribution in [1.29, 1.82) is 0 Å². The van der Waals surface area contributed by atoms with Crippen molar-refractivity contribution in [3.05, 3.63) is 58.6 Å². The molecule has 0 saturated carbocycles. The molecular formula is C16H18ClNO. The van der Waals surface area contributed by atoms with Crippen LogP contribution in [0, 0.1) is 6.92 Å². The zero-order chi connectivity index (χ0) is 13.7. The fraction of sp³-hybridized carbons (Fsp3) is 0.250. The van der Waals surface area contributed by atoms with E-state index in [0.29, 0.717) is 5.02 Å². The molecule has 2 aromatic rings. The molecule has 1 N–H and O–H groups in total. The van der Waals surface area contributed by atoms with E-state index in [1.165, 1.54) is 5.56 Å². The van der Waals surface area contributed by atoms with Crippen LogP contribution in [0.1, 0.15) is 18.1 Å². The maximum Gasteiger partial charge on any atom is 0.133 e. The van der Waals surface area contributed by atoms with E-state index in [9.17, 15) is 0 Å². The summed E-state index contributed by atoms with van der Waals surface area (Å²) in [6, 6.07) is 13.7. The molecule has 0 atom stereocenters. The van der Waals surface area contributed by atoms with Crippen molar-refractivity contribution >= 4 is 11.6 Å². The third-order valence-electron chi connectivity index (χ3n) is 2.81. The summed E-state index contributed by atoms with van der Waals surface area (Å²) >= 11 is 6.05. The van der Waals surface area contributed by atoms with E-state index in [0.717, 1.165) is 30.2 Å². The van der Waals surface area contributed by atoms with Gasteiger partial charge in [0.1, 0.15) is 11.5 Å². The van der Waals surface area contributed by atoms with Crippen LogP contribution in [0.3, 0.4) is 0 Å². The Morgan fingerprint density at radius 3 is 2.74 bits per heavy atom. The Morgan fingerprint density at radius 1 is 1.16 bits per heavy atom. The quantitative estimate of drug-likeness (QED) is 0.864. The highest BCUT2D eigenvalue weighted by molar-refractivity contribution is 6.30. The third-order valence-corrected chi connectivity index (χ3v) is 3.05. The molecule has 0 unspecified atom stereocenters. The van der Waals surface area contributed by atoms with E-state index < -0.39 is 0 Å². The first-order chi connectivity index (χ1) is 9.19. The van der Waals surface area contributed by atoms with Gasteiger partial charge in [0, 0.05) is 17.1 Å². The molecule has 0 bridgehead atoms. The van der Waals surface area contributed by atoms with Crippen LogP contribution in [0.5, 0.6) is 11.5 Å². The van der Waals surface area contributed by atoms with Crippen molar-refractivity contribution in [2.75, 3.05) is 6.54 Å². The summed E-state index contributed by atoms with van der Waals surface area (Å²) in [4.78, 5) is 0. The highest BCUT2D eigenvalue weighted by Crippen LogP contribution is 2.28. The lowest BCUT2D eigenvalue weighted by atomic mass is 10.2. The maximum atomic E-state index is 6.05. The van der Waals surface area contributed by atoms with E-state index in [4.69, 9.17) is 16.3 Å². The van der Waals surface area contributed by atoms with Crippen molar-refractivity contribution < 1.29 is 4.74 Å². The molecule has 19 heavy (non-hydrogen) atoms. The molecule has 0 saturated heterocycles. The predicted molar refractivity (Wildman–Crippen MR) is 80.1 cm³/mol.